The summed E-state index contributed by atoms with van der Waals surface area (Å²) >= 11 is 1.73. The molecular weight excluding hydrogens is 462 g/mol. The van der Waals surface area contributed by atoms with E-state index in [0.717, 1.165) is 31.7 Å². The number of carbonyl (C=O) groups excluding carboxylic acids is 2. The summed E-state index contributed by atoms with van der Waals surface area (Å²) in [6.45, 7) is 9.15. The number of piperazine rings is 1. The molecule has 3 rings (SSSR count). The summed E-state index contributed by atoms with van der Waals surface area (Å²) in [6.07, 6.45) is 2.70. The molecule has 0 aliphatic carbocycles. The Kier molecular flexibility index (Phi) is 10.6. The van der Waals surface area contributed by atoms with E-state index in [2.05, 4.69) is 46.9 Å². The van der Waals surface area contributed by atoms with Crippen LogP contribution in [0.25, 0.3) is 0 Å². The number of esters is 1. The van der Waals surface area contributed by atoms with Crippen LogP contribution in [0.5, 0.6) is 5.75 Å². The third-order valence-electron chi connectivity index (χ3n) is 6.47. The number of thiophene rings is 1. The van der Waals surface area contributed by atoms with Crippen LogP contribution < -0.4 is 15.4 Å². The summed E-state index contributed by atoms with van der Waals surface area (Å²) in [5.41, 5.74) is 1.85. The Labute approximate surface area is 213 Å². The zero-order chi connectivity index (χ0) is 25.2. The molecule has 1 aromatic heterocycles. The van der Waals surface area contributed by atoms with Gasteiger partial charge in [-0.1, -0.05) is 12.1 Å². The number of hydrogen-bond acceptors (Lipinski definition) is 7. The van der Waals surface area contributed by atoms with Gasteiger partial charge in [0, 0.05) is 61.0 Å². The van der Waals surface area contributed by atoms with Gasteiger partial charge < -0.3 is 20.1 Å². The van der Waals surface area contributed by atoms with Gasteiger partial charge in [-0.15, -0.1) is 11.3 Å². The molecule has 1 aliphatic rings. The van der Waals surface area contributed by atoms with Gasteiger partial charge in [-0.05, 0) is 62.8 Å². The van der Waals surface area contributed by atoms with Gasteiger partial charge in [-0.3, -0.25) is 14.5 Å². The van der Waals surface area contributed by atoms with Crippen LogP contribution in [0.2, 0.25) is 0 Å². The van der Waals surface area contributed by atoms with E-state index in [0.29, 0.717) is 43.6 Å². The molecule has 1 aromatic carbocycles. The molecule has 3 atom stereocenters. The first-order chi connectivity index (χ1) is 16.9. The van der Waals surface area contributed by atoms with Crippen LogP contribution in [0, 0.1) is 0 Å². The molecule has 1 aliphatic heterocycles. The third kappa shape index (κ3) is 7.78. The summed E-state index contributed by atoms with van der Waals surface area (Å²) < 4.78 is 10.5. The second kappa shape index (κ2) is 13.6. The molecule has 35 heavy (non-hydrogen) atoms. The first-order valence-corrected chi connectivity index (χ1v) is 13.4. The molecule has 0 unspecified atom stereocenters. The fourth-order valence-corrected chi connectivity index (χ4v) is 5.41. The summed E-state index contributed by atoms with van der Waals surface area (Å²) in [5, 5.41) is 8.61. The Bertz CT molecular complexity index is 946. The average molecular weight is 502 g/mol. The average Bonchev–Trinajstić information content (AvgIpc) is 3.31. The topological polar surface area (TPSA) is 79.9 Å². The van der Waals surface area contributed by atoms with E-state index in [4.69, 9.17) is 9.47 Å². The monoisotopic (exact) mass is 501 g/mol. The van der Waals surface area contributed by atoms with Crippen LogP contribution in [0.3, 0.4) is 0 Å². The number of methoxy groups -OCH3 is 1. The zero-order valence-corrected chi connectivity index (χ0v) is 22.2. The van der Waals surface area contributed by atoms with Gasteiger partial charge in [-0.25, -0.2) is 0 Å². The quantitative estimate of drug-likeness (QED) is 0.335. The van der Waals surface area contributed by atoms with Gasteiger partial charge in [-0.2, -0.15) is 0 Å². The van der Waals surface area contributed by atoms with Crippen LogP contribution in [-0.2, 0) is 16.0 Å². The predicted octanol–water partition coefficient (Wildman–Crippen LogP) is 4.19. The predicted molar refractivity (Wildman–Crippen MR) is 140 cm³/mol. The Morgan fingerprint density at radius 1 is 1.20 bits per heavy atom. The summed E-state index contributed by atoms with van der Waals surface area (Å²) in [6, 6.07) is 11.0. The summed E-state index contributed by atoms with van der Waals surface area (Å²) in [4.78, 5) is 27.8. The number of carbonyl (C=O) groups is 2. The van der Waals surface area contributed by atoms with Crippen LogP contribution in [-0.4, -0.2) is 62.2 Å². The van der Waals surface area contributed by atoms with E-state index in [-0.39, 0.29) is 17.9 Å². The maximum absolute atomic E-state index is 12.6. The number of amides is 1. The van der Waals surface area contributed by atoms with Crippen molar-refractivity contribution in [2.24, 2.45) is 0 Å². The summed E-state index contributed by atoms with van der Waals surface area (Å²) in [5.74, 6) is 0.667. The van der Waals surface area contributed by atoms with Crippen LogP contribution in [0.4, 0.5) is 0 Å². The molecule has 0 bridgehead atoms. The lowest BCUT2D eigenvalue weighted by Crippen LogP contribution is -2.55. The Balaban J connectivity index is 1.65. The minimum Gasteiger partial charge on any atom is -0.496 e. The molecule has 2 N–H and O–H groups in total. The fraction of sp³-hybridized carbons (Fsp3) is 0.556. The molecule has 0 spiro atoms. The molecule has 0 radical (unpaired) electrons. The van der Waals surface area contributed by atoms with E-state index in [1.807, 2.05) is 18.2 Å². The third-order valence-corrected chi connectivity index (χ3v) is 7.40. The zero-order valence-electron chi connectivity index (χ0n) is 21.3. The van der Waals surface area contributed by atoms with Gasteiger partial charge in [0.15, 0.2) is 0 Å². The maximum Gasteiger partial charge on any atom is 0.305 e. The molecule has 1 amide bonds. The van der Waals surface area contributed by atoms with Crippen molar-refractivity contribution in [3.8, 4) is 5.75 Å². The lowest BCUT2D eigenvalue weighted by Gasteiger charge is -2.43. The lowest BCUT2D eigenvalue weighted by molar-refractivity contribution is -0.143. The highest BCUT2D eigenvalue weighted by molar-refractivity contribution is 7.10. The highest BCUT2D eigenvalue weighted by Gasteiger charge is 2.31. The number of hydrogen-bond donors (Lipinski definition) is 2. The van der Waals surface area contributed by atoms with Crippen LogP contribution in [0.1, 0.15) is 66.9 Å². The van der Waals surface area contributed by atoms with Crippen LogP contribution >= 0.6 is 11.3 Å². The first-order valence-electron chi connectivity index (χ1n) is 12.6. The van der Waals surface area contributed by atoms with Crippen molar-refractivity contribution in [1.82, 2.24) is 15.5 Å². The van der Waals surface area contributed by atoms with Crippen molar-refractivity contribution in [3.63, 3.8) is 0 Å². The fourth-order valence-electron chi connectivity index (χ4n) is 4.53. The van der Waals surface area contributed by atoms with Gasteiger partial charge in [0.2, 0.25) is 0 Å². The second-order valence-electron chi connectivity index (χ2n) is 9.13. The second-order valence-corrected chi connectivity index (χ2v) is 10.1. The highest BCUT2D eigenvalue weighted by Crippen LogP contribution is 2.34. The van der Waals surface area contributed by atoms with Crippen molar-refractivity contribution < 1.29 is 19.1 Å². The Morgan fingerprint density at radius 2 is 1.97 bits per heavy atom. The molecule has 0 saturated carbocycles. The molecule has 7 nitrogen and oxygen atoms in total. The van der Waals surface area contributed by atoms with Crippen molar-refractivity contribution in [3.05, 3.63) is 51.7 Å². The molecular formula is C27H39N3O4S. The highest BCUT2D eigenvalue weighted by atomic mass is 32.1. The maximum atomic E-state index is 12.6. The largest absolute Gasteiger partial charge is 0.496 e. The van der Waals surface area contributed by atoms with Crippen molar-refractivity contribution in [2.45, 2.75) is 64.6 Å². The van der Waals surface area contributed by atoms with Gasteiger partial charge in [0.1, 0.15) is 5.75 Å². The van der Waals surface area contributed by atoms with E-state index in [9.17, 15) is 9.59 Å². The van der Waals surface area contributed by atoms with Gasteiger partial charge in [0.25, 0.3) is 5.91 Å². The van der Waals surface area contributed by atoms with Crippen molar-refractivity contribution in [2.75, 3.05) is 33.4 Å². The minimum absolute atomic E-state index is 0.0895. The van der Waals surface area contributed by atoms with Gasteiger partial charge >= 0.3 is 5.97 Å². The summed E-state index contributed by atoms with van der Waals surface area (Å²) in [7, 11) is 1.72. The first kappa shape index (κ1) is 27.2. The van der Waals surface area contributed by atoms with E-state index in [1.54, 1.807) is 25.4 Å². The van der Waals surface area contributed by atoms with Crippen molar-refractivity contribution in [1.29, 1.82) is 0 Å². The molecule has 192 valence electrons. The molecule has 1 fully saturated rings. The standard InChI is InChI=1S/C27H39N3O4S/c1-5-34-26(31)8-6-7-14-28-27(32)22-11-9-21(10-12-22)23(16-25-24(33-4)13-15-35-25)30-18-19(2)29-17-20(30)3/h9-13,15,19-20,23,29H,5-8,14,16-18H2,1-4H3,(H,28,32)/t19-,20+,23-/m1/s1. The molecule has 2 heterocycles. The lowest BCUT2D eigenvalue weighted by atomic mass is 9.96. The van der Waals surface area contributed by atoms with Crippen molar-refractivity contribution >= 4 is 23.2 Å². The number of nitrogens with zero attached hydrogens (tertiary/aromatic N) is 1. The van der Waals surface area contributed by atoms with Gasteiger partial charge in [0.05, 0.1) is 13.7 Å². The number of ether oxygens (including phenoxy) is 2. The van der Waals surface area contributed by atoms with E-state index >= 15 is 0 Å². The van der Waals surface area contributed by atoms with E-state index in [1.165, 1.54) is 10.4 Å². The Hall–Kier alpha value is -2.42. The Morgan fingerprint density at radius 3 is 2.69 bits per heavy atom. The number of nitrogens with one attached hydrogen (secondary N) is 2. The SMILES string of the molecule is CCOC(=O)CCCCNC(=O)c1ccc([C@@H](Cc2sccc2OC)N2C[C@@H](C)NC[C@@H]2C)cc1. The smallest absolute Gasteiger partial charge is 0.305 e. The number of rotatable bonds is 12. The molecule has 2 aromatic rings. The normalized spacial score (nSPS) is 19.2. The minimum atomic E-state index is -0.183. The molecule has 1 saturated heterocycles. The molecule has 8 heteroatoms. The number of unbranched alkanes of at least 4 members (excludes halogenated alkanes) is 1. The number of benzene rings is 1. The van der Waals surface area contributed by atoms with Crippen LogP contribution in [0.15, 0.2) is 35.7 Å². The van der Waals surface area contributed by atoms with E-state index < -0.39 is 0 Å².